The van der Waals surface area contributed by atoms with Crippen molar-refractivity contribution in [2.45, 2.75) is 12.7 Å². The summed E-state index contributed by atoms with van der Waals surface area (Å²) in [6.45, 7) is 0.728. The van der Waals surface area contributed by atoms with E-state index < -0.39 is 6.10 Å². The van der Waals surface area contributed by atoms with Crippen LogP contribution in [0.1, 0.15) is 17.4 Å². The first-order valence-corrected chi connectivity index (χ1v) is 7.16. The number of rotatable bonds is 3. The summed E-state index contributed by atoms with van der Waals surface area (Å²) in [7, 11) is 0. The van der Waals surface area contributed by atoms with Gasteiger partial charge in [0, 0.05) is 29.4 Å². The topological polar surface area (TPSA) is 56.0 Å². The van der Waals surface area contributed by atoms with Crippen molar-refractivity contribution in [3.63, 3.8) is 0 Å². The molecule has 1 aromatic carbocycles. The van der Waals surface area contributed by atoms with Crippen LogP contribution in [0.4, 0.5) is 0 Å². The van der Waals surface area contributed by atoms with E-state index in [2.05, 4.69) is 4.98 Å². The van der Waals surface area contributed by atoms with Gasteiger partial charge in [0.25, 0.3) is 0 Å². The zero-order valence-electron chi connectivity index (χ0n) is 10.5. The Hall–Kier alpha value is -2.05. The Morgan fingerprint density at radius 3 is 3.35 bits per heavy atom. The first kappa shape index (κ1) is 11.7. The third-order valence-corrected chi connectivity index (χ3v) is 4.04. The van der Waals surface area contributed by atoms with Crippen molar-refractivity contribution in [3.05, 3.63) is 47.2 Å². The number of aromatic nitrogens is 2. The number of aliphatic hydroxyl groups is 1. The van der Waals surface area contributed by atoms with Crippen LogP contribution in [0.25, 0.3) is 4.96 Å². The summed E-state index contributed by atoms with van der Waals surface area (Å²) < 4.78 is 13.1. The second kappa shape index (κ2) is 4.50. The molecule has 0 aliphatic carbocycles. The molecule has 0 spiro atoms. The molecule has 0 saturated carbocycles. The van der Waals surface area contributed by atoms with E-state index in [0.29, 0.717) is 24.7 Å². The van der Waals surface area contributed by atoms with Gasteiger partial charge >= 0.3 is 0 Å². The van der Waals surface area contributed by atoms with E-state index in [1.807, 2.05) is 40.4 Å². The van der Waals surface area contributed by atoms with Crippen LogP contribution >= 0.6 is 11.3 Å². The fraction of sp³-hybridized carbons (Fsp3) is 0.214. The van der Waals surface area contributed by atoms with Crippen molar-refractivity contribution in [2.75, 3.05) is 6.61 Å². The lowest BCUT2D eigenvalue weighted by Crippen LogP contribution is -1.97. The molecule has 2 aromatic heterocycles. The molecule has 0 radical (unpaired) electrons. The molecule has 3 aromatic rings. The molecule has 1 unspecified atom stereocenters. The van der Waals surface area contributed by atoms with Crippen LogP contribution < -0.4 is 9.47 Å². The number of nitrogens with zero attached hydrogens (tertiary/aromatic N) is 2. The normalized spacial score (nSPS) is 17.1. The summed E-state index contributed by atoms with van der Waals surface area (Å²) in [5.41, 5.74) is 1.71. The first-order chi connectivity index (χ1) is 9.79. The van der Waals surface area contributed by atoms with Crippen molar-refractivity contribution in [1.29, 1.82) is 0 Å². The van der Waals surface area contributed by atoms with E-state index in [-0.39, 0.29) is 0 Å². The lowest BCUT2D eigenvalue weighted by Gasteiger charge is -2.06. The highest BCUT2D eigenvalue weighted by Crippen LogP contribution is 2.35. The average Bonchev–Trinajstić information content (AvgIpc) is 3.11. The molecular weight excluding hydrogens is 276 g/mol. The quantitative estimate of drug-likeness (QED) is 0.804. The van der Waals surface area contributed by atoms with E-state index in [0.717, 1.165) is 16.2 Å². The average molecular weight is 288 g/mol. The number of aliphatic hydroxyl groups excluding tert-OH is 1. The molecule has 1 aliphatic rings. The van der Waals surface area contributed by atoms with E-state index >= 15 is 0 Å². The van der Waals surface area contributed by atoms with Gasteiger partial charge in [-0.2, -0.15) is 0 Å². The van der Waals surface area contributed by atoms with E-state index in [1.165, 1.54) is 0 Å². The Balaban J connectivity index is 1.50. The van der Waals surface area contributed by atoms with Crippen molar-refractivity contribution < 1.29 is 14.6 Å². The van der Waals surface area contributed by atoms with Crippen LogP contribution in [0, 0.1) is 0 Å². The SMILES string of the molecule is OC1COc2cc(OCc3cn4ccsc4n3)ccc21. The molecule has 0 amide bonds. The molecular formula is C14H12N2O3S. The molecule has 0 saturated heterocycles. The number of ether oxygens (including phenoxy) is 2. The standard InChI is InChI=1S/C14H12N2O3S/c17-12-8-19-13-5-10(1-2-11(12)13)18-7-9-6-16-3-4-20-14(16)15-9/h1-6,12,17H,7-8H2. The Kier molecular flexibility index (Phi) is 2.64. The summed E-state index contributed by atoms with van der Waals surface area (Å²) in [5.74, 6) is 1.41. The van der Waals surface area contributed by atoms with E-state index in [9.17, 15) is 5.11 Å². The summed E-state index contributed by atoms with van der Waals surface area (Å²) in [6.07, 6.45) is 3.40. The molecule has 1 aliphatic heterocycles. The van der Waals surface area contributed by atoms with Gasteiger partial charge in [-0.15, -0.1) is 11.3 Å². The maximum absolute atomic E-state index is 9.66. The third kappa shape index (κ3) is 1.93. The molecule has 102 valence electrons. The van der Waals surface area contributed by atoms with Crippen LogP contribution in [0.15, 0.2) is 36.0 Å². The molecule has 3 heterocycles. The third-order valence-electron chi connectivity index (χ3n) is 3.27. The van der Waals surface area contributed by atoms with E-state index in [1.54, 1.807) is 11.3 Å². The summed E-state index contributed by atoms with van der Waals surface area (Å²) in [5, 5.41) is 11.7. The Bertz CT molecular complexity index is 736. The van der Waals surface area contributed by atoms with Gasteiger partial charge in [0.1, 0.15) is 30.8 Å². The van der Waals surface area contributed by atoms with Gasteiger partial charge < -0.3 is 14.6 Å². The number of hydrogen-bond donors (Lipinski definition) is 1. The minimum absolute atomic E-state index is 0.316. The summed E-state index contributed by atoms with van der Waals surface area (Å²) in [6, 6.07) is 5.49. The fourth-order valence-electron chi connectivity index (χ4n) is 2.27. The minimum atomic E-state index is -0.529. The van der Waals surface area contributed by atoms with Gasteiger partial charge in [-0.3, -0.25) is 4.40 Å². The van der Waals surface area contributed by atoms with Gasteiger partial charge in [0.15, 0.2) is 4.96 Å². The van der Waals surface area contributed by atoms with Gasteiger partial charge in [0.05, 0.1) is 5.69 Å². The molecule has 6 heteroatoms. The number of hydrogen-bond acceptors (Lipinski definition) is 5. The molecule has 1 N–H and O–H groups in total. The summed E-state index contributed by atoms with van der Waals surface area (Å²) in [4.78, 5) is 5.42. The van der Waals surface area contributed by atoms with Crippen LogP contribution in [-0.2, 0) is 6.61 Å². The Morgan fingerprint density at radius 2 is 2.45 bits per heavy atom. The second-order valence-corrected chi connectivity index (χ2v) is 5.51. The lowest BCUT2D eigenvalue weighted by atomic mass is 10.1. The van der Waals surface area contributed by atoms with Crippen LogP contribution in [-0.4, -0.2) is 21.1 Å². The molecule has 4 rings (SSSR count). The highest BCUT2D eigenvalue weighted by molar-refractivity contribution is 7.15. The Morgan fingerprint density at radius 1 is 1.50 bits per heavy atom. The van der Waals surface area contributed by atoms with Crippen molar-refractivity contribution in [3.8, 4) is 11.5 Å². The molecule has 0 fully saturated rings. The predicted molar refractivity (Wildman–Crippen MR) is 74.3 cm³/mol. The largest absolute Gasteiger partial charge is 0.490 e. The van der Waals surface area contributed by atoms with Crippen LogP contribution in [0.2, 0.25) is 0 Å². The zero-order valence-corrected chi connectivity index (χ0v) is 11.3. The lowest BCUT2D eigenvalue weighted by molar-refractivity contribution is 0.140. The summed E-state index contributed by atoms with van der Waals surface area (Å²) >= 11 is 1.59. The van der Waals surface area contributed by atoms with Gasteiger partial charge in [0.2, 0.25) is 0 Å². The Labute approximate surface area is 119 Å². The van der Waals surface area contributed by atoms with Crippen LogP contribution in [0.3, 0.4) is 0 Å². The predicted octanol–water partition coefficient (Wildman–Crippen LogP) is 2.40. The van der Waals surface area contributed by atoms with Crippen molar-refractivity contribution in [1.82, 2.24) is 9.38 Å². The number of imidazole rings is 1. The number of fused-ring (bicyclic) bond motifs is 2. The fourth-order valence-corrected chi connectivity index (χ4v) is 2.99. The molecule has 1 atom stereocenters. The molecule has 5 nitrogen and oxygen atoms in total. The van der Waals surface area contributed by atoms with Gasteiger partial charge in [-0.25, -0.2) is 4.98 Å². The van der Waals surface area contributed by atoms with Crippen molar-refractivity contribution >= 4 is 16.3 Å². The van der Waals surface area contributed by atoms with Crippen molar-refractivity contribution in [2.24, 2.45) is 0 Å². The van der Waals surface area contributed by atoms with Gasteiger partial charge in [-0.05, 0) is 12.1 Å². The zero-order chi connectivity index (χ0) is 13.5. The maximum atomic E-state index is 9.66. The number of benzene rings is 1. The van der Waals surface area contributed by atoms with Gasteiger partial charge in [-0.1, -0.05) is 0 Å². The van der Waals surface area contributed by atoms with E-state index in [4.69, 9.17) is 9.47 Å². The number of thiazole rings is 1. The highest BCUT2D eigenvalue weighted by atomic mass is 32.1. The molecule has 0 bridgehead atoms. The maximum Gasteiger partial charge on any atom is 0.193 e. The first-order valence-electron chi connectivity index (χ1n) is 6.28. The second-order valence-electron chi connectivity index (χ2n) is 4.64. The smallest absolute Gasteiger partial charge is 0.193 e. The molecule has 20 heavy (non-hydrogen) atoms. The highest BCUT2D eigenvalue weighted by Gasteiger charge is 2.22. The monoisotopic (exact) mass is 288 g/mol. The minimum Gasteiger partial charge on any atom is -0.490 e. The van der Waals surface area contributed by atoms with Crippen LogP contribution in [0.5, 0.6) is 11.5 Å².